The number of piperidine rings is 1. The van der Waals surface area contributed by atoms with Crippen LogP contribution in [0.15, 0.2) is 18.2 Å². The van der Waals surface area contributed by atoms with Crippen molar-refractivity contribution >= 4 is 5.91 Å². The van der Waals surface area contributed by atoms with Crippen LogP contribution in [0.5, 0.6) is 0 Å². The van der Waals surface area contributed by atoms with Gasteiger partial charge < -0.3 is 15.3 Å². The Morgan fingerprint density at radius 2 is 1.91 bits per heavy atom. The van der Waals surface area contributed by atoms with Crippen molar-refractivity contribution in [2.24, 2.45) is 0 Å². The maximum absolute atomic E-state index is 12.7. The lowest BCUT2D eigenvalue weighted by atomic mass is 9.88. The Labute approximate surface area is 132 Å². The summed E-state index contributed by atoms with van der Waals surface area (Å²) in [6.07, 6.45) is 4.16. The first-order valence-corrected chi connectivity index (χ1v) is 8.45. The fraction of sp³-hybridized carbons (Fsp3) is 0.611. The third kappa shape index (κ3) is 3.18. The van der Waals surface area contributed by atoms with E-state index in [0.717, 1.165) is 37.9 Å². The highest BCUT2D eigenvalue weighted by Gasteiger charge is 2.32. The normalized spacial score (nSPS) is 21.1. The highest BCUT2D eigenvalue weighted by atomic mass is 16.3. The summed E-state index contributed by atoms with van der Waals surface area (Å²) >= 11 is 0. The Balaban J connectivity index is 1.72. The first-order valence-electron chi connectivity index (χ1n) is 8.45. The van der Waals surface area contributed by atoms with Crippen LogP contribution < -0.4 is 5.32 Å². The minimum absolute atomic E-state index is 0.109. The molecule has 4 heteroatoms. The molecule has 0 aliphatic carbocycles. The number of rotatable bonds is 2. The number of fused-ring (bicyclic) bond motifs is 1. The molecular formula is C18H26N2O2. The molecule has 1 aromatic rings. The smallest absolute Gasteiger partial charge is 0.253 e. The van der Waals surface area contributed by atoms with Crippen LogP contribution in [0.2, 0.25) is 0 Å². The summed E-state index contributed by atoms with van der Waals surface area (Å²) < 4.78 is 0. The van der Waals surface area contributed by atoms with E-state index in [0.29, 0.717) is 25.9 Å². The quantitative estimate of drug-likeness (QED) is 0.875. The Hall–Kier alpha value is -1.39. The molecule has 2 aliphatic heterocycles. The molecule has 0 saturated carbocycles. The largest absolute Gasteiger partial charge is 0.390 e. The van der Waals surface area contributed by atoms with Gasteiger partial charge in [0.1, 0.15) is 0 Å². The fourth-order valence-corrected chi connectivity index (χ4v) is 3.47. The van der Waals surface area contributed by atoms with Crippen LogP contribution in [0, 0.1) is 0 Å². The number of carbonyl (C=O) groups is 1. The van der Waals surface area contributed by atoms with Gasteiger partial charge in [-0.05, 0) is 68.5 Å². The standard InChI is InChI=1S/C18H26N2O2/c1-2-18(22)7-11-20(12-8-18)17(21)16-4-3-14-5-9-19-10-6-15(14)13-16/h3-4,13,19,22H,2,5-12H2,1H3. The van der Waals surface area contributed by atoms with Crippen molar-refractivity contribution in [1.29, 1.82) is 0 Å². The molecule has 2 heterocycles. The molecule has 0 spiro atoms. The van der Waals surface area contributed by atoms with Crippen LogP contribution in [0.4, 0.5) is 0 Å². The Bertz CT molecular complexity index is 548. The van der Waals surface area contributed by atoms with Crippen LogP contribution >= 0.6 is 0 Å². The number of likely N-dealkylation sites (tertiary alicyclic amines) is 1. The van der Waals surface area contributed by atoms with E-state index in [1.54, 1.807) is 0 Å². The molecule has 0 unspecified atom stereocenters. The van der Waals surface area contributed by atoms with Crippen LogP contribution in [0.1, 0.15) is 47.7 Å². The highest BCUT2D eigenvalue weighted by Crippen LogP contribution is 2.26. The zero-order valence-electron chi connectivity index (χ0n) is 13.4. The van der Waals surface area contributed by atoms with E-state index in [1.807, 2.05) is 17.9 Å². The molecule has 1 aromatic carbocycles. The Morgan fingerprint density at radius 3 is 2.59 bits per heavy atom. The monoisotopic (exact) mass is 302 g/mol. The average Bonchev–Trinajstić information content (AvgIpc) is 2.79. The summed E-state index contributed by atoms with van der Waals surface area (Å²) in [6.45, 7) is 5.32. The van der Waals surface area contributed by atoms with Crippen LogP contribution in [-0.2, 0) is 12.8 Å². The SMILES string of the molecule is CCC1(O)CCN(C(=O)c2ccc3c(c2)CCNCC3)CC1. The molecule has 0 atom stereocenters. The number of aliphatic hydroxyl groups is 1. The van der Waals surface area contributed by atoms with E-state index in [1.165, 1.54) is 11.1 Å². The van der Waals surface area contributed by atoms with Gasteiger partial charge in [0.15, 0.2) is 0 Å². The van der Waals surface area contributed by atoms with Crippen molar-refractivity contribution in [1.82, 2.24) is 10.2 Å². The summed E-state index contributed by atoms with van der Waals surface area (Å²) in [5.74, 6) is 0.109. The van der Waals surface area contributed by atoms with Gasteiger partial charge in [-0.3, -0.25) is 4.79 Å². The van der Waals surface area contributed by atoms with Gasteiger partial charge in [0, 0.05) is 18.7 Å². The molecule has 0 radical (unpaired) electrons. The van der Waals surface area contributed by atoms with Gasteiger partial charge in [0.25, 0.3) is 5.91 Å². The van der Waals surface area contributed by atoms with Crippen molar-refractivity contribution < 1.29 is 9.90 Å². The molecule has 1 fully saturated rings. The second-order valence-electron chi connectivity index (χ2n) is 6.60. The van der Waals surface area contributed by atoms with Gasteiger partial charge in [-0.2, -0.15) is 0 Å². The number of nitrogens with one attached hydrogen (secondary N) is 1. The van der Waals surface area contributed by atoms with E-state index < -0.39 is 5.60 Å². The fourth-order valence-electron chi connectivity index (χ4n) is 3.47. The van der Waals surface area contributed by atoms with Crippen LogP contribution in [-0.4, -0.2) is 47.7 Å². The highest BCUT2D eigenvalue weighted by molar-refractivity contribution is 5.94. The lowest BCUT2D eigenvalue weighted by molar-refractivity contribution is -0.0193. The van der Waals surface area contributed by atoms with Gasteiger partial charge in [-0.25, -0.2) is 0 Å². The summed E-state index contributed by atoms with van der Waals surface area (Å²) in [4.78, 5) is 14.6. The molecule has 2 aliphatic rings. The van der Waals surface area contributed by atoms with Crippen LogP contribution in [0.3, 0.4) is 0 Å². The maximum Gasteiger partial charge on any atom is 0.253 e. The molecule has 0 aromatic heterocycles. The Kier molecular flexibility index (Phi) is 4.50. The van der Waals surface area contributed by atoms with Crippen molar-refractivity contribution in [3.63, 3.8) is 0 Å². The molecule has 1 amide bonds. The van der Waals surface area contributed by atoms with E-state index in [2.05, 4.69) is 17.4 Å². The number of amides is 1. The zero-order valence-corrected chi connectivity index (χ0v) is 13.4. The van der Waals surface area contributed by atoms with Gasteiger partial charge in [-0.1, -0.05) is 13.0 Å². The topological polar surface area (TPSA) is 52.6 Å². The summed E-state index contributed by atoms with van der Waals surface area (Å²) in [7, 11) is 0. The van der Waals surface area contributed by atoms with Crippen molar-refractivity contribution in [2.45, 2.75) is 44.6 Å². The minimum Gasteiger partial charge on any atom is -0.390 e. The number of nitrogens with zero attached hydrogens (tertiary/aromatic N) is 1. The molecule has 120 valence electrons. The van der Waals surface area contributed by atoms with E-state index in [9.17, 15) is 9.90 Å². The molecule has 2 N–H and O–H groups in total. The predicted octanol–water partition coefficient (Wildman–Crippen LogP) is 1.75. The molecular weight excluding hydrogens is 276 g/mol. The van der Waals surface area contributed by atoms with Crippen molar-refractivity contribution in [3.05, 3.63) is 34.9 Å². The van der Waals surface area contributed by atoms with E-state index in [-0.39, 0.29) is 5.91 Å². The summed E-state index contributed by atoms with van der Waals surface area (Å²) in [5.41, 5.74) is 2.89. The number of carbonyl (C=O) groups excluding carboxylic acids is 1. The van der Waals surface area contributed by atoms with Gasteiger partial charge in [0.05, 0.1) is 5.60 Å². The molecule has 3 rings (SSSR count). The summed E-state index contributed by atoms with van der Waals surface area (Å²) in [5, 5.41) is 13.7. The van der Waals surface area contributed by atoms with Gasteiger partial charge in [0.2, 0.25) is 0 Å². The summed E-state index contributed by atoms with van der Waals surface area (Å²) in [6, 6.07) is 6.15. The lowest BCUT2D eigenvalue weighted by Crippen LogP contribution is -2.46. The molecule has 22 heavy (non-hydrogen) atoms. The van der Waals surface area contributed by atoms with Gasteiger partial charge >= 0.3 is 0 Å². The third-order valence-electron chi connectivity index (χ3n) is 5.23. The van der Waals surface area contributed by atoms with E-state index >= 15 is 0 Å². The molecule has 4 nitrogen and oxygen atoms in total. The van der Waals surface area contributed by atoms with Crippen molar-refractivity contribution in [2.75, 3.05) is 26.2 Å². The lowest BCUT2D eigenvalue weighted by Gasteiger charge is -2.37. The second-order valence-corrected chi connectivity index (χ2v) is 6.60. The van der Waals surface area contributed by atoms with Crippen LogP contribution in [0.25, 0.3) is 0 Å². The first-order chi connectivity index (χ1) is 10.6. The molecule has 0 bridgehead atoms. The average molecular weight is 302 g/mol. The number of hydrogen-bond donors (Lipinski definition) is 2. The predicted molar refractivity (Wildman–Crippen MR) is 87.1 cm³/mol. The minimum atomic E-state index is -0.573. The number of benzene rings is 1. The maximum atomic E-state index is 12.7. The first kappa shape index (κ1) is 15.5. The zero-order chi connectivity index (χ0) is 15.6. The van der Waals surface area contributed by atoms with Crippen molar-refractivity contribution in [3.8, 4) is 0 Å². The third-order valence-corrected chi connectivity index (χ3v) is 5.23. The number of hydrogen-bond acceptors (Lipinski definition) is 3. The Morgan fingerprint density at radius 1 is 1.23 bits per heavy atom. The second kappa shape index (κ2) is 6.39. The molecule has 1 saturated heterocycles. The van der Waals surface area contributed by atoms with E-state index in [4.69, 9.17) is 0 Å². The van der Waals surface area contributed by atoms with Gasteiger partial charge in [-0.15, -0.1) is 0 Å².